The minimum atomic E-state index is -4.65. The molecular weight excluding hydrogens is 816 g/mol. The zero-order chi connectivity index (χ0) is 46.2. The molecule has 0 aromatic heterocycles. The summed E-state index contributed by atoms with van der Waals surface area (Å²) in [6.45, 7) is 2.19. The maximum absolute atomic E-state index is 12.4. The first-order chi connectivity index (χ1) is 30.8. The Morgan fingerprint density at radius 2 is 0.698 bits per heavy atom. The van der Waals surface area contributed by atoms with Gasteiger partial charge in [0.2, 0.25) is 0 Å². The Labute approximate surface area is 385 Å². The first-order valence-corrected chi connectivity index (χ1v) is 27.1. The van der Waals surface area contributed by atoms with Crippen LogP contribution in [0.1, 0.15) is 232 Å². The Morgan fingerprint density at radius 3 is 1.02 bits per heavy atom. The first-order valence-electron chi connectivity index (χ1n) is 25.6. The Morgan fingerprint density at radius 1 is 0.429 bits per heavy atom. The molecule has 0 rings (SSSR count). The molecule has 3 atom stereocenters. The molecule has 368 valence electrons. The third kappa shape index (κ3) is 46.3. The van der Waals surface area contributed by atoms with Crippen molar-refractivity contribution in [1.29, 1.82) is 0 Å². The van der Waals surface area contributed by atoms with E-state index in [9.17, 15) is 29.3 Å². The van der Waals surface area contributed by atoms with E-state index in [1.807, 2.05) is 0 Å². The zero-order valence-electron chi connectivity index (χ0n) is 40.3. The monoisotopic (exact) mass is 911 g/mol. The van der Waals surface area contributed by atoms with Crippen LogP contribution in [-0.4, -0.2) is 65.7 Å². The van der Waals surface area contributed by atoms with Crippen LogP contribution < -0.4 is 0 Å². The molecule has 0 aliphatic heterocycles. The van der Waals surface area contributed by atoms with E-state index in [-0.39, 0.29) is 12.8 Å². The second-order valence-corrected chi connectivity index (χ2v) is 18.6. The zero-order valence-corrected chi connectivity index (χ0v) is 41.2. The van der Waals surface area contributed by atoms with Crippen molar-refractivity contribution in [3.05, 3.63) is 48.6 Å². The van der Waals surface area contributed by atoms with Crippen molar-refractivity contribution < 1.29 is 47.8 Å². The number of unbranched alkanes of at least 4 members (excludes halogenated alkanes) is 26. The number of esters is 2. The topological polar surface area (TPSA) is 149 Å². The van der Waals surface area contributed by atoms with E-state index in [2.05, 4.69) is 62.5 Å². The highest BCUT2D eigenvalue weighted by Crippen LogP contribution is 2.43. The quantitative estimate of drug-likeness (QED) is 0.0233. The molecule has 10 nitrogen and oxygen atoms in total. The molecule has 0 saturated heterocycles. The number of phosphoric acid groups is 1. The predicted octanol–water partition coefficient (Wildman–Crippen LogP) is 14.5. The third-order valence-corrected chi connectivity index (χ3v) is 12.0. The van der Waals surface area contributed by atoms with Crippen LogP contribution in [0, 0.1) is 0 Å². The molecule has 0 bridgehead atoms. The van der Waals surface area contributed by atoms with Gasteiger partial charge in [-0.2, -0.15) is 0 Å². The summed E-state index contributed by atoms with van der Waals surface area (Å²) in [7, 11) is -4.65. The van der Waals surface area contributed by atoms with Crippen molar-refractivity contribution in [3.63, 3.8) is 0 Å². The Hall–Kier alpha value is -2.07. The van der Waals surface area contributed by atoms with Crippen LogP contribution in [0.3, 0.4) is 0 Å². The van der Waals surface area contributed by atoms with Crippen LogP contribution in [0.25, 0.3) is 0 Å². The van der Waals surface area contributed by atoms with Crippen molar-refractivity contribution >= 4 is 19.8 Å². The number of aliphatic hydroxyl groups excluding tert-OH is 2. The lowest BCUT2D eigenvalue weighted by atomic mass is 10.0. The number of allylic oxidation sites excluding steroid dienone is 8. The number of carbonyl (C=O) groups excluding carboxylic acids is 2. The molecule has 3 unspecified atom stereocenters. The van der Waals surface area contributed by atoms with Gasteiger partial charge in [0.25, 0.3) is 0 Å². The van der Waals surface area contributed by atoms with Gasteiger partial charge in [0.05, 0.1) is 26.4 Å². The molecule has 0 heterocycles. The highest BCUT2D eigenvalue weighted by Gasteiger charge is 2.27. The minimum absolute atomic E-state index is 0.183. The van der Waals surface area contributed by atoms with Crippen LogP contribution in [-0.2, 0) is 32.7 Å². The second-order valence-electron chi connectivity index (χ2n) is 17.1. The molecule has 0 aliphatic carbocycles. The van der Waals surface area contributed by atoms with Gasteiger partial charge in [0, 0.05) is 12.8 Å². The van der Waals surface area contributed by atoms with Crippen LogP contribution in [0.4, 0.5) is 0 Å². The molecule has 0 aliphatic rings. The summed E-state index contributed by atoms with van der Waals surface area (Å²) < 4.78 is 32.7. The summed E-state index contributed by atoms with van der Waals surface area (Å²) in [6, 6.07) is 0. The Bertz CT molecular complexity index is 1190. The van der Waals surface area contributed by atoms with Gasteiger partial charge in [-0.1, -0.05) is 191 Å². The first kappa shape index (κ1) is 60.9. The lowest BCUT2D eigenvalue weighted by Gasteiger charge is -2.20. The van der Waals surface area contributed by atoms with E-state index in [0.29, 0.717) is 12.8 Å². The number of phosphoric ester groups is 1. The smallest absolute Gasteiger partial charge is 0.457 e. The van der Waals surface area contributed by atoms with Crippen molar-refractivity contribution in [2.75, 3.05) is 26.4 Å². The summed E-state index contributed by atoms with van der Waals surface area (Å²) in [5, 5.41) is 19.2. The average Bonchev–Trinajstić information content (AvgIpc) is 3.27. The average molecular weight is 911 g/mol. The normalized spacial score (nSPS) is 14.0. The molecule has 0 aromatic carbocycles. The number of rotatable bonds is 48. The highest BCUT2D eigenvalue weighted by molar-refractivity contribution is 7.47. The van der Waals surface area contributed by atoms with Gasteiger partial charge < -0.3 is 24.6 Å². The molecule has 0 amide bonds. The largest absolute Gasteiger partial charge is 0.472 e. The molecule has 63 heavy (non-hydrogen) atoms. The summed E-state index contributed by atoms with van der Waals surface area (Å²) in [5.74, 6) is -1.02. The van der Waals surface area contributed by atoms with E-state index in [1.165, 1.54) is 135 Å². The van der Waals surface area contributed by atoms with Crippen LogP contribution >= 0.6 is 7.82 Å². The fourth-order valence-corrected chi connectivity index (χ4v) is 7.84. The summed E-state index contributed by atoms with van der Waals surface area (Å²) in [4.78, 5) is 34.7. The fraction of sp³-hybridized carbons (Fsp3) is 0.808. The van der Waals surface area contributed by atoms with E-state index in [4.69, 9.17) is 18.5 Å². The molecular formula is C52H95O10P. The number of carbonyl (C=O) groups is 2. The number of aliphatic hydroxyl groups is 2. The summed E-state index contributed by atoms with van der Waals surface area (Å²) in [5.41, 5.74) is 0. The molecule has 0 radical (unpaired) electrons. The Balaban J connectivity index is 3.84. The lowest BCUT2D eigenvalue weighted by Crippen LogP contribution is -2.28. The van der Waals surface area contributed by atoms with Crippen molar-refractivity contribution in [2.24, 2.45) is 0 Å². The van der Waals surface area contributed by atoms with E-state index >= 15 is 0 Å². The molecule has 0 fully saturated rings. The summed E-state index contributed by atoms with van der Waals surface area (Å²) >= 11 is 0. The van der Waals surface area contributed by atoms with Gasteiger partial charge >= 0.3 is 19.8 Å². The highest BCUT2D eigenvalue weighted by atomic mass is 31.2. The standard InChI is InChI=1S/C52H95O10P/c1-3-5-7-9-11-13-15-17-19-21-22-23-24-25-26-28-30-32-34-36-38-40-42-44-52(56)62-50(46-54)48-60-63(57,58)59-47-49(45-53)61-51(55)43-41-39-37-35-33-31-29-27-20-18-16-14-12-10-8-6-4-2/h12,14-15,17-18,20-22,49-50,53-54H,3-11,13,16,19,23-48H2,1-2H3,(H,57,58)/b14-12-,17-15-,20-18-,22-21-. The van der Waals surface area contributed by atoms with Gasteiger partial charge in [-0.25, -0.2) is 4.57 Å². The van der Waals surface area contributed by atoms with Crippen LogP contribution in [0.15, 0.2) is 48.6 Å². The van der Waals surface area contributed by atoms with Crippen molar-refractivity contribution in [1.82, 2.24) is 0 Å². The van der Waals surface area contributed by atoms with Crippen molar-refractivity contribution in [3.8, 4) is 0 Å². The molecule has 0 aromatic rings. The van der Waals surface area contributed by atoms with E-state index < -0.39 is 58.4 Å². The number of hydrogen-bond donors (Lipinski definition) is 3. The van der Waals surface area contributed by atoms with Gasteiger partial charge in [-0.05, 0) is 77.0 Å². The third-order valence-electron chi connectivity index (χ3n) is 11.0. The Kier molecular flexibility index (Phi) is 46.3. The maximum atomic E-state index is 12.4. The van der Waals surface area contributed by atoms with Crippen molar-refractivity contribution in [2.45, 2.75) is 244 Å². The van der Waals surface area contributed by atoms with Gasteiger partial charge in [-0.15, -0.1) is 0 Å². The second kappa shape index (κ2) is 47.9. The van der Waals surface area contributed by atoms with Crippen LogP contribution in [0.5, 0.6) is 0 Å². The van der Waals surface area contributed by atoms with E-state index in [1.54, 1.807) is 0 Å². The lowest BCUT2D eigenvalue weighted by molar-refractivity contribution is -0.153. The van der Waals surface area contributed by atoms with Crippen LogP contribution in [0.2, 0.25) is 0 Å². The predicted molar refractivity (Wildman–Crippen MR) is 261 cm³/mol. The minimum Gasteiger partial charge on any atom is -0.457 e. The number of ether oxygens (including phenoxy) is 2. The fourth-order valence-electron chi connectivity index (χ4n) is 7.06. The van der Waals surface area contributed by atoms with Gasteiger partial charge in [-0.3, -0.25) is 18.6 Å². The van der Waals surface area contributed by atoms with E-state index in [0.717, 1.165) is 57.8 Å². The molecule has 0 spiro atoms. The SMILES string of the molecule is CCCCC/C=C\C/C=C\CCCCCCCCCC(=O)OC(CO)COP(=O)(O)OCC(CO)OC(=O)CCCCCCCCCCCCC/C=C\C/C=C\CCCCCCC. The number of hydrogen-bond acceptors (Lipinski definition) is 9. The molecule has 0 saturated carbocycles. The van der Waals surface area contributed by atoms with Gasteiger partial charge in [0.1, 0.15) is 12.2 Å². The molecule has 3 N–H and O–H groups in total. The summed E-state index contributed by atoms with van der Waals surface area (Å²) in [6.07, 6.45) is 53.7. The molecule has 11 heteroatoms. The van der Waals surface area contributed by atoms with Gasteiger partial charge in [0.15, 0.2) is 0 Å². The maximum Gasteiger partial charge on any atom is 0.472 e.